The van der Waals surface area contributed by atoms with Crippen LogP contribution in [0.5, 0.6) is 0 Å². The molecular formula is C15H14F2N2O2S. The molecule has 3 rings (SSSR count). The average molecular weight is 324 g/mol. The first kappa shape index (κ1) is 15.1. The van der Waals surface area contributed by atoms with Gasteiger partial charge >= 0.3 is 0 Å². The van der Waals surface area contributed by atoms with Crippen LogP contribution in [-0.4, -0.2) is 24.1 Å². The second kappa shape index (κ2) is 6.10. The van der Waals surface area contributed by atoms with Crippen LogP contribution in [0.15, 0.2) is 29.1 Å². The minimum atomic E-state index is -0.906. The lowest BCUT2D eigenvalue weighted by Crippen LogP contribution is -2.50. The Kier molecular flexibility index (Phi) is 4.17. The topological polar surface area (TPSA) is 51.2 Å². The number of carbonyl (C=O) groups is 1. The van der Waals surface area contributed by atoms with Gasteiger partial charge in [-0.1, -0.05) is 6.07 Å². The largest absolute Gasteiger partial charge is 0.381 e. The van der Waals surface area contributed by atoms with E-state index < -0.39 is 17.2 Å². The summed E-state index contributed by atoms with van der Waals surface area (Å²) in [6.07, 6.45) is 0.844. The van der Waals surface area contributed by atoms with Gasteiger partial charge in [0.15, 0.2) is 0 Å². The van der Waals surface area contributed by atoms with Crippen molar-refractivity contribution in [2.75, 3.05) is 13.2 Å². The van der Waals surface area contributed by atoms with Gasteiger partial charge in [0, 0.05) is 30.2 Å². The second-order valence-electron chi connectivity index (χ2n) is 5.15. The number of carbonyl (C=O) groups excluding carboxylic acids is 1. The SMILES string of the molecule is O=C(NC1(c2ccc(F)cc2F)CCOCC1)c1cscn1. The van der Waals surface area contributed by atoms with E-state index in [1.165, 1.54) is 23.5 Å². The monoisotopic (exact) mass is 324 g/mol. The van der Waals surface area contributed by atoms with Crippen molar-refractivity contribution in [3.63, 3.8) is 0 Å². The van der Waals surface area contributed by atoms with Gasteiger partial charge in [-0.05, 0) is 18.9 Å². The lowest BCUT2D eigenvalue weighted by molar-refractivity contribution is 0.0332. The predicted octanol–water partition coefficient (Wildman–Crippen LogP) is 2.86. The summed E-state index contributed by atoms with van der Waals surface area (Å²) in [5.41, 5.74) is 1.22. The molecule has 0 spiro atoms. The van der Waals surface area contributed by atoms with Crippen LogP contribution in [0.25, 0.3) is 0 Å². The van der Waals surface area contributed by atoms with Gasteiger partial charge in [-0.15, -0.1) is 11.3 Å². The Balaban J connectivity index is 1.96. The molecule has 0 unspecified atom stereocenters. The summed E-state index contributed by atoms with van der Waals surface area (Å²) in [5.74, 6) is -1.68. The molecule has 1 aliphatic heterocycles. The van der Waals surface area contributed by atoms with E-state index in [9.17, 15) is 13.6 Å². The van der Waals surface area contributed by atoms with E-state index in [0.717, 1.165) is 6.07 Å². The maximum absolute atomic E-state index is 14.2. The molecule has 0 bridgehead atoms. The van der Waals surface area contributed by atoms with E-state index in [0.29, 0.717) is 31.7 Å². The molecular weight excluding hydrogens is 310 g/mol. The van der Waals surface area contributed by atoms with Crippen LogP contribution in [0.2, 0.25) is 0 Å². The first-order valence-corrected chi connectivity index (χ1v) is 7.79. The number of rotatable bonds is 3. The summed E-state index contributed by atoms with van der Waals surface area (Å²) in [7, 11) is 0. The number of nitrogens with one attached hydrogen (secondary N) is 1. The van der Waals surface area contributed by atoms with Gasteiger partial charge in [0.1, 0.15) is 17.3 Å². The van der Waals surface area contributed by atoms with Crippen LogP contribution >= 0.6 is 11.3 Å². The molecule has 1 aromatic carbocycles. The van der Waals surface area contributed by atoms with E-state index >= 15 is 0 Å². The fraction of sp³-hybridized carbons (Fsp3) is 0.333. The van der Waals surface area contributed by atoms with Gasteiger partial charge in [-0.2, -0.15) is 0 Å². The number of halogens is 2. The molecule has 2 aromatic rings. The van der Waals surface area contributed by atoms with Crippen molar-refractivity contribution in [2.45, 2.75) is 18.4 Å². The zero-order chi connectivity index (χ0) is 15.6. The van der Waals surface area contributed by atoms with Gasteiger partial charge < -0.3 is 10.1 Å². The zero-order valence-corrected chi connectivity index (χ0v) is 12.5. The third-order valence-electron chi connectivity index (χ3n) is 3.81. The number of amides is 1. The molecule has 2 heterocycles. The van der Waals surface area contributed by atoms with Crippen molar-refractivity contribution in [3.8, 4) is 0 Å². The van der Waals surface area contributed by atoms with Crippen molar-refractivity contribution < 1.29 is 18.3 Å². The number of hydrogen-bond donors (Lipinski definition) is 1. The van der Waals surface area contributed by atoms with Crippen LogP contribution in [0.3, 0.4) is 0 Å². The van der Waals surface area contributed by atoms with Crippen molar-refractivity contribution >= 4 is 17.2 Å². The standard InChI is InChI=1S/C15H14F2N2O2S/c16-10-1-2-11(12(17)7-10)15(3-5-21-6-4-15)19-14(20)13-8-22-9-18-13/h1-2,7-9H,3-6H2,(H,19,20). The molecule has 1 amide bonds. The highest BCUT2D eigenvalue weighted by Gasteiger charge is 2.38. The third kappa shape index (κ3) is 2.86. The first-order valence-electron chi connectivity index (χ1n) is 6.85. The van der Waals surface area contributed by atoms with Crippen LogP contribution in [0, 0.1) is 11.6 Å². The van der Waals surface area contributed by atoms with Crippen LogP contribution in [-0.2, 0) is 10.3 Å². The summed E-state index contributed by atoms with van der Waals surface area (Å²) >= 11 is 1.31. The quantitative estimate of drug-likeness (QED) is 0.944. The Morgan fingerprint density at radius 1 is 1.32 bits per heavy atom. The van der Waals surface area contributed by atoms with Crippen molar-refractivity contribution in [2.24, 2.45) is 0 Å². The lowest BCUT2D eigenvalue weighted by atomic mass is 9.82. The second-order valence-corrected chi connectivity index (χ2v) is 5.87. The summed E-state index contributed by atoms with van der Waals surface area (Å²) in [5, 5.41) is 4.50. The summed E-state index contributed by atoms with van der Waals surface area (Å²) in [6, 6.07) is 3.42. The van der Waals surface area contributed by atoms with E-state index in [2.05, 4.69) is 10.3 Å². The third-order valence-corrected chi connectivity index (χ3v) is 4.40. The summed E-state index contributed by atoms with van der Waals surface area (Å²) < 4.78 is 32.7. The number of benzene rings is 1. The molecule has 0 aliphatic carbocycles. The highest BCUT2D eigenvalue weighted by molar-refractivity contribution is 7.07. The molecule has 0 saturated carbocycles. The van der Waals surface area contributed by atoms with Crippen molar-refractivity contribution in [3.05, 3.63) is 52.0 Å². The summed E-state index contributed by atoms with van der Waals surface area (Å²) in [4.78, 5) is 16.3. The minimum absolute atomic E-state index is 0.278. The number of nitrogens with zero attached hydrogens (tertiary/aromatic N) is 1. The fourth-order valence-electron chi connectivity index (χ4n) is 2.67. The molecule has 1 aromatic heterocycles. The van der Waals surface area contributed by atoms with Crippen molar-refractivity contribution in [1.29, 1.82) is 0 Å². The summed E-state index contributed by atoms with van der Waals surface area (Å²) in [6.45, 7) is 0.794. The van der Waals surface area contributed by atoms with E-state index in [1.807, 2.05) is 0 Å². The lowest BCUT2D eigenvalue weighted by Gasteiger charge is -2.38. The Bertz CT molecular complexity index is 670. The molecule has 1 fully saturated rings. The van der Waals surface area contributed by atoms with Crippen LogP contribution in [0.1, 0.15) is 28.9 Å². The van der Waals surface area contributed by atoms with Gasteiger partial charge in [0.05, 0.1) is 11.0 Å². The molecule has 116 valence electrons. The normalized spacial score (nSPS) is 17.2. The molecule has 22 heavy (non-hydrogen) atoms. The number of hydrogen-bond acceptors (Lipinski definition) is 4. The average Bonchev–Trinajstić information content (AvgIpc) is 3.02. The maximum atomic E-state index is 14.2. The molecule has 1 aliphatic rings. The maximum Gasteiger partial charge on any atom is 0.271 e. The van der Waals surface area contributed by atoms with E-state index in [4.69, 9.17) is 4.74 Å². The molecule has 4 nitrogen and oxygen atoms in total. The molecule has 0 atom stereocenters. The number of aromatic nitrogens is 1. The smallest absolute Gasteiger partial charge is 0.271 e. The van der Waals surface area contributed by atoms with Gasteiger partial charge in [-0.25, -0.2) is 13.8 Å². The molecule has 7 heteroatoms. The first-order chi connectivity index (χ1) is 10.6. The molecule has 1 saturated heterocycles. The Morgan fingerprint density at radius 3 is 2.73 bits per heavy atom. The van der Waals surface area contributed by atoms with Crippen LogP contribution < -0.4 is 5.32 Å². The Morgan fingerprint density at radius 2 is 2.09 bits per heavy atom. The van der Waals surface area contributed by atoms with Crippen molar-refractivity contribution in [1.82, 2.24) is 10.3 Å². The minimum Gasteiger partial charge on any atom is -0.381 e. The highest BCUT2D eigenvalue weighted by Crippen LogP contribution is 2.34. The Labute approximate surface area is 130 Å². The highest BCUT2D eigenvalue weighted by atomic mass is 32.1. The molecule has 1 N–H and O–H groups in total. The predicted molar refractivity (Wildman–Crippen MR) is 77.7 cm³/mol. The van der Waals surface area contributed by atoms with E-state index in [1.54, 1.807) is 10.9 Å². The van der Waals surface area contributed by atoms with Gasteiger partial charge in [-0.3, -0.25) is 4.79 Å². The van der Waals surface area contributed by atoms with Gasteiger partial charge in [0.2, 0.25) is 0 Å². The number of thiazole rings is 1. The fourth-order valence-corrected chi connectivity index (χ4v) is 3.20. The van der Waals surface area contributed by atoms with E-state index in [-0.39, 0.29) is 11.5 Å². The van der Waals surface area contributed by atoms with Crippen LogP contribution in [0.4, 0.5) is 8.78 Å². The zero-order valence-electron chi connectivity index (χ0n) is 11.6. The number of ether oxygens (including phenoxy) is 1. The van der Waals surface area contributed by atoms with Gasteiger partial charge in [0.25, 0.3) is 5.91 Å². The molecule has 0 radical (unpaired) electrons. The Hall–Kier alpha value is -1.86.